The molecule has 0 radical (unpaired) electrons. The highest BCUT2D eigenvalue weighted by atomic mass is 127. The van der Waals surface area contributed by atoms with Crippen molar-refractivity contribution in [3.8, 4) is 0 Å². The van der Waals surface area contributed by atoms with Gasteiger partial charge in [-0.25, -0.2) is 4.79 Å². The molecule has 1 heterocycles. The van der Waals surface area contributed by atoms with Gasteiger partial charge in [-0.2, -0.15) is 0 Å². The first kappa shape index (κ1) is 20.7. The Labute approximate surface area is 180 Å². The predicted octanol–water partition coefficient (Wildman–Crippen LogP) is 5.71. The van der Waals surface area contributed by atoms with E-state index in [-0.39, 0.29) is 24.8 Å². The first-order chi connectivity index (χ1) is 13.5. The number of benzene rings is 2. The van der Waals surface area contributed by atoms with Crippen LogP contribution in [0.25, 0.3) is 0 Å². The van der Waals surface area contributed by atoms with Crippen molar-refractivity contribution in [1.29, 1.82) is 0 Å². The van der Waals surface area contributed by atoms with Gasteiger partial charge in [-0.1, -0.05) is 89.8 Å². The van der Waals surface area contributed by atoms with Gasteiger partial charge in [-0.05, 0) is 30.9 Å². The topological polar surface area (TPSA) is 38.8 Å². The number of allylic oxidation sites excluding steroid dienone is 1. The van der Waals surface area contributed by atoms with Gasteiger partial charge in [0.15, 0.2) is 0 Å². The summed E-state index contributed by atoms with van der Waals surface area (Å²) < 4.78 is 12.0. The average molecular weight is 491 g/mol. The third-order valence-electron chi connectivity index (χ3n) is 5.02. The van der Waals surface area contributed by atoms with Crippen LogP contribution in [0, 0.1) is 0 Å². The lowest BCUT2D eigenvalue weighted by Gasteiger charge is -2.38. The molecule has 0 spiro atoms. The number of hydrogen-bond acceptors (Lipinski definition) is 3. The molecule has 0 aromatic heterocycles. The van der Waals surface area contributed by atoms with Crippen LogP contribution in [-0.2, 0) is 22.6 Å². The van der Waals surface area contributed by atoms with Crippen molar-refractivity contribution < 1.29 is 14.3 Å². The lowest BCUT2D eigenvalue weighted by Crippen LogP contribution is -2.47. The van der Waals surface area contributed by atoms with Gasteiger partial charge in [0.2, 0.25) is 0 Å². The van der Waals surface area contributed by atoms with Gasteiger partial charge in [0, 0.05) is 6.54 Å². The fourth-order valence-electron chi connectivity index (χ4n) is 3.30. The maximum Gasteiger partial charge on any atom is 0.410 e. The van der Waals surface area contributed by atoms with E-state index in [1.807, 2.05) is 67.6 Å². The molecule has 1 fully saturated rings. The minimum absolute atomic E-state index is 0.0773. The molecule has 28 heavy (non-hydrogen) atoms. The number of rotatable bonds is 6. The Morgan fingerprint density at radius 1 is 1.14 bits per heavy atom. The second kappa shape index (κ2) is 9.96. The summed E-state index contributed by atoms with van der Waals surface area (Å²) in [6.07, 6.45) is 1.50. The normalized spacial score (nSPS) is 20.1. The van der Waals surface area contributed by atoms with Crippen molar-refractivity contribution in [2.45, 2.75) is 49.0 Å². The average Bonchev–Trinajstić information content (AvgIpc) is 2.73. The molecule has 1 aliphatic rings. The molecule has 148 valence electrons. The highest BCUT2D eigenvalue weighted by Gasteiger charge is 2.34. The summed E-state index contributed by atoms with van der Waals surface area (Å²) in [6.45, 7) is 6.79. The molecule has 0 saturated carbocycles. The Bertz CT molecular complexity index is 781. The fraction of sp³-hybridized carbons (Fsp3) is 0.348. The van der Waals surface area contributed by atoms with Crippen LogP contribution in [0.15, 0.2) is 73.0 Å². The molecule has 1 saturated heterocycles. The molecule has 0 aliphatic carbocycles. The number of amides is 1. The van der Waals surface area contributed by atoms with Crippen LogP contribution in [0.4, 0.5) is 4.79 Å². The largest absolute Gasteiger partial charge is 0.492 e. The summed E-state index contributed by atoms with van der Waals surface area (Å²) in [5.41, 5.74) is 2.03. The van der Waals surface area contributed by atoms with Crippen LogP contribution >= 0.6 is 22.6 Å². The molecule has 1 amide bonds. The summed E-state index contributed by atoms with van der Waals surface area (Å²) >= 11 is 2.36. The Morgan fingerprint density at radius 3 is 2.36 bits per heavy atom. The van der Waals surface area contributed by atoms with Crippen molar-refractivity contribution in [1.82, 2.24) is 4.90 Å². The van der Waals surface area contributed by atoms with E-state index in [2.05, 4.69) is 29.2 Å². The van der Waals surface area contributed by atoms with Gasteiger partial charge in [-0.3, -0.25) is 4.90 Å². The van der Waals surface area contributed by atoms with E-state index >= 15 is 0 Å². The number of ether oxygens (including phenoxy) is 2. The number of alkyl halides is 1. The van der Waals surface area contributed by atoms with Gasteiger partial charge >= 0.3 is 6.09 Å². The molecule has 5 heteroatoms. The summed E-state index contributed by atoms with van der Waals surface area (Å²) in [5.74, 6) is 0.793. The highest BCUT2D eigenvalue weighted by Crippen LogP contribution is 2.31. The molecule has 0 bridgehead atoms. The smallest absolute Gasteiger partial charge is 0.410 e. The summed E-state index contributed by atoms with van der Waals surface area (Å²) in [6, 6.07) is 19.6. The van der Waals surface area contributed by atoms with Crippen molar-refractivity contribution in [2.24, 2.45) is 0 Å². The number of carbonyl (C=O) groups is 1. The summed E-state index contributed by atoms with van der Waals surface area (Å²) in [5, 5.41) is 0. The maximum absolute atomic E-state index is 13.0. The Hall–Kier alpha value is -2.02. The van der Waals surface area contributed by atoms with E-state index in [0.717, 1.165) is 29.7 Å². The van der Waals surface area contributed by atoms with E-state index in [1.165, 1.54) is 0 Å². The number of hydrogen-bond donors (Lipinski definition) is 0. The van der Waals surface area contributed by atoms with E-state index in [0.29, 0.717) is 10.5 Å². The minimum atomic E-state index is -0.328. The van der Waals surface area contributed by atoms with Crippen molar-refractivity contribution in [3.63, 3.8) is 0 Å². The quantitative estimate of drug-likeness (QED) is 0.384. The van der Waals surface area contributed by atoms with Crippen molar-refractivity contribution in [2.75, 3.05) is 0 Å². The molecule has 4 nitrogen and oxygen atoms in total. The third kappa shape index (κ3) is 5.50. The zero-order chi connectivity index (χ0) is 19.9. The van der Waals surface area contributed by atoms with Gasteiger partial charge in [0.25, 0.3) is 0 Å². The van der Waals surface area contributed by atoms with Crippen LogP contribution in [0.2, 0.25) is 0 Å². The minimum Gasteiger partial charge on any atom is -0.492 e. The van der Waals surface area contributed by atoms with Crippen LogP contribution in [0.1, 0.15) is 30.9 Å². The predicted molar refractivity (Wildman–Crippen MR) is 119 cm³/mol. The fourth-order valence-corrected chi connectivity index (χ4v) is 3.80. The molecule has 1 unspecified atom stereocenters. The molecule has 2 aromatic rings. The molecule has 3 atom stereocenters. The first-order valence-corrected chi connectivity index (χ1v) is 10.8. The second-order valence-electron chi connectivity index (χ2n) is 7.06. The second-order valence-corrected chi connectivity index (χ2v) is 8.57. The Kier molecular flexibility index (Phi) is 7.36. The van der Waals surface area contributed by atoms with Crippen molar-refractivity contribution >= 4 is 28.7 Å². The lowest BCUT2D eigenvalue weighted by molar-refractivity contribution is -0.000420. The first-order valence-electron chi connectivity index (χ1n) is 9.55. The van der Waals surface area contributed by atoms with Crippen molar-refractivity contribution in [3.05, 3.63) is 84.1 Å². The maximum atomic E-state index is 13.0. The molecule has 1 aliphatic heterocycles. The molecule has 2 aromatic carbocycles. The zero-order valence-electron chi connectivity index (χ0n) is 16.1. The lowest BCUT2D eigenvalue weighted by atomic mass is 10.0. The van der Waals surface area contributed by atoms with E-state index in [1.54, 1.807) is 4.90 Å². The highest BCUT2D eigenvalue weighted by molar-refractivity contribution is 14.1. The molecular formula is C23H26INO3. The van der Waals surface area contributed by atoms with Gasteiger partial charge < -0.3 is 9.47 Å². The van der Waals surface area contributed by atoms with Gasteiger partial charge in [-0.15, -0.1) is 0 Å². The monoisotopic (exact) mass is 491 g/mol. The third-order valence-corrected chi connectivity index (χ3v) is 6.34. The Morgan fingerprint density at radius 2 is 1.75 bits per heavy atom. The Balaban J connectivity index is 1.72. The summed E-state index contributed by atoms with van der Waals surface area (Å²) in [7, 11) is 0. The molecule has 3 rings (SSSR count). The van der Waals surface area contributed by atoms with E-state index in [9.17, 15) is 4.79 Å². The SMILES string of the molecule is C=C1O[C@H]([C@@H](C)N(Cc2ccccc2)C(=O)OCc2ccccc2)CCC1I. The van der Waals surface area contributed by atoms with E-state index in [4.69, 9.17) is 9.47 Å². The molecule has 0 N–H and O–H groups in total. The van der Waals surface area contributed by atoms with Crippen LogP contribution < -0.4 is 0 Å². The van der Waals surface area contributed by atoms with E-state index < -0.39 is 0 Å². The zero-order valence-corrected chi connectivity index (χ0v) is 18.2. The van der Waals surface area contributed by atoms with Gasteiger partial charge in [0.05, 0.1) is 9.97 Å². The van der Waals surface area contributed by atoms with Crippen LogP contribution in [0.3, 0.4) is 0 Å². The van der Waals surface area contributed by atoms with Gasteiger partial charge in [0.1, 0.15) is 18.5 Å². The standard InChI is InChI=1S/C23H26INO3/c1-17(22-14-13-21(24)18(2)28-22)25(15-19-9-5-3-6-10-19)23(26)27-16-20-11-7-4-8-12-20/h3-12,17,21-22H,2,13-16H2,1H3/t17-,21?,22+/m1/s1. The van der Waals surface area contributed by atoms with Crippen LogP contribution in [-0.4, -0.2) is 27.1 Å². The van der Waals surface area contributed by atoms with Crippen LogP contribution in [0.5, 0.6) is 0 Å². The number of carbonyl (C=O) groups excluding carboxylic acids is 1. The summed E-state index contributed by atoms with van der Waals surface area (Å²) in [4.78, 5) is 14.7. The molecular weight excluding hydrogens is 465 g/mol. The number of halogens is 1. The number of nitrogens with zero attached hydrogens (tertiary/aromatic N) is 1.